The number of carbonyl (C=O) groups excluding carboxylic acids is 4. The van der Waals surface area contributed by atoms with Crippen LogP contribution in [0.3, 0.4) is 0 Å². The van der Waals surface area contributed by atoms with Crippen LogP contribution in [-0.2, 0) is 50.2 Å². The minimum absolute atomic E-state index is 0.00766. The molecule has 0 saturated heterocycles. The Kier molecular flexibility index (Phi) is 15.3. The molecule has 0 spiro atoms. The SMILES string of the molecule is CN(NC(=NCCC[C@H](NC(=O)OCc1ccccc1)C(=O)OCc1ccccc1)NC(=O)OCc1ccccc1)C(=O)OCc1ccccc1. The monoisotopic (exact) mass is 695 g/mol. The van der Waals surface area contributed by atoms with Crippen molar-refractivity contribution in [2.24, 2.45) is 4.99 Å². The van der Waals surface area contributed by atoms with Gasteiger partial charge in [0.25, 0.3) is 0 Å². The van der Waals surface area contributed by atoms with Gasteiger partial charge in [0, 0.05) is 13.6 Å². The van der Waals surface area contributed by atoms with Gasteiger partial charge < -0.3 is 24.3 Å². The molecule has 0 aliphatic rings. The molecule has 0 saturated carbocycles. The van der Waals surface area contributed by atoms with Crippen molar-refractivity contribution >= 4 is 30.2 Å². The van der Waals surface area contributed by atoms with Gasteiger partial charge in [-0.05, 0) is 35.1 Å². The molecular weight excluding hydrogens is 654 g/mol. The average Bonchev–Trinajstić information content (AvgIpc) is 3.17. The lowest BCUT2D eigenvalue weighted by Crippen LogP contribution is -2.50. The van der Waals surface area contributed by atoms with E-state index in [0.717, 1.165) is 27.3 Å². The lowest BCUT2D eigenvalue weighted by molar-refractivity contribution is -0.147. The van der Waals surface area contributed by atoms with Crippen LogP contribution in [0.2, 0.25) is 0 Å². The summed E-state index contributed by atoms with van der Waals surface area (Å²) in [7, 11) is 1.41. The molecule has 13 nitrogen and oxygen atoms in total. The van der Waals surface area contributed by atoms with E-state index in [9.17, 15) is 19.2 Å². The molecule has 4 aromatic rings. The van der Waals surface area contributed by atoms with Crippen LogP contribution in [0.5, 0.6) is 0 Å². The Hall–Kier alpha value is -6.37. The van der Waals surface area contributed by atoms with E-state index in [-0.39, 0.29) is 51.8 Å². The Bertz CT molecular complexity index is 1690. The number of esters is 1. The molecule has 1 atom stereocenters. The van der Waals surface area contributed by atoms with Gasteiger partial charge in [0.15, 0.2) is 0 Å². The van der Waals surface area contributed by atoms with Gasteiger partial charge in [0.1, 0.15) is 32.5 Å². The van der Waals surface area contributed by atoms with Gasteiger partial charge in [-0.1, -0.05) is 121 Å². The number of hydrogen-bond acceptors (Lipinski definition) is 9. The second-order valence-corrected chi connectivity index (χ2v) is 11.1. The fraction of sp³-hybridized carbons (Fsp3) is 0.237. The molecule has 0 unspecified atom stereocenters. The van der Waals surface area contributed by atoms with Crippen LogP contribution in [0.25, 0.3) is 0 Å². The molecule has 0 bridgehead atoms. The molecule has 266 valence electrons. The number of hydrazine groups is 1. The fourth-order valence-corrected chi connectivity index (χ4v) is 4.45. The molecule has 13 heteroatoms. The number of rotatable bonds is 14. The Morgan fingerprint density at radius 2 is 1.04 bits per heavy atom. The molecule has 51 heavy (non-hydrogen) atoms. The fourth-order valence-electron chi connectivity index (χ4n) is 4.45. The summed E-state index contributed by atoms with van der Waals surface area (Å²) in [5, 5.41) is 6.12. The smallest absolute Gasteiger partial charge is 0.428 e. The third-order valence-corrected chi connectivity index (χ3v) is 7.12. The van der Waals surface area contributed by atoms with E-state index in [1.165, 1.54) is 7.05 Å². The molecule has 4 aromatic carbocycles. The van der Waals surface area contributed by atoms with Crippen molar-refractivity contribution in [3.05, 3.63) is 144 Å². The summed E-state index contributed by atoms with van der Waals surface area (Å²) in [6, 6.07) is 35.5. The van der Waals surface area contributed by atoms with Crippen molar-refractivity contribution in [3.8, 4) is 0 Å². The number of amides is 3. The topological polar surface area (TPSA) is 157 Å². The van der Waals surface area contributed by atoms with Crippen LogP contribution < -0.4 is 16.1 Å². The largest absolute Gasteiger partial charge is 0.459 e. The van der Waals surface area contributed by atoms with Crippen LogP contribution in [0.1, 0.15) is 35.1 Å². The molecule has 3 amide bonds. The summed E-state index contributed by atoms with van der Waals surface area (Å²) in [6.45, 7) is 0.147. The third-order valence-electron chi connectivity index (χ3n) is 7.12. The summed E-state index contributed by atoms with van der Waals surface area (Å²) in [5.74, 6) is -0.757. The van der Waals surface area contributed by atoms with E-state index in [4.69, 9.17) is 18.9 Å². The van der Waals surface area contributed by atoms with E-state index in [1.807, 2.05) is 121 Å². The molecule has 4 rings (SSSR count). The number of nitrogens with zero attached hydrogens (tertiary/aromatic N) is 2. The molecule has 3 N–H and O–H groups in total. The Morgan fingerprint density at radius 1 is 0.608 bits per heavy atom. The predicted molar refractivity (Wildman–Crippen MR) is 189 cm³/mol. The number of ether oxygens (including phenoxy) is 4. The van der Waals surface area contributed by atoms with Crippen LogP contribution in [0.15, 0.2) is 126 Å². The summed E-state index contributed by atoms with van der Waals surface area (Å²) < 4.78 is 21.5. The van der Waals surface area contributed by atoms with Gasteiger partial charge >= 0.3 is 24.2 Å². The van der Waals surface area contributed by atoms with Crippen molar-refractivity contribution in [1.82, 2.24) is 21.1 Å². The summed E-state index contributed by atoms with van der Waals surface area (Å²) in [6.07, 6.45) is -1.95. The number of hydrogen-bond donors (Lipinski definition) is 3. The number of alkyl carbamates (subject to hydrolysis) is 2. The highest BCUT2D eigenvalue weighted by Gasteiger charge is 2.23. The van der Waals surface area contributed by atoms with Gasteiger partial charge in [0.05, 0.1) is 0 Å². The quantitative estimate of drug-likeness (QED) is 0.0367. The minimum Gasteiger partial charge on any atom is -0.459 e. The standard InChI is InChI=1S/C38H41N5O8/c1-43(38(47)51-28-32-21-12-5-13-22-32)42-35(41-37(46)50-27-31-19-10-4-11-20-31)39-24-14-23-33(34(44)48-25-29-15-6-2-7-16-29)40-36(45)49-26-30-17-8-3-9-18-30/h2-13,15-22,33H,14,23-28H2,1H3,(H,40,45)(H2,39,41,42,46)/t33-/m0/s1. The zero-order valence-corrected chi connectivity index (χ0v) is 28.2. The summed E-state index contributed by atoms with van der Waals surface area (Å²) in [4.78, 5) is 55.5. The lowest BCUT2D eigenvalue weighted by Gasteiger charge is -2.21. The number of carbonyl (C=O) groups is 4. The van der Waals surface area contributed by atoms with Gasteiger partial charge in [-0.15, -0.1) is 0 Å². The first-order valence-corrected chi connectivity index (χ1v) is 16.3. The van der Waals surface area contributed by atoms with E-state index in [2.05, 4.69) is 21.1 Å². The number of benzene rings is 4. The maximum absolute atomic E-state index is 13.1. The second kappa shape index (κ2) is 20.9. The van der Waals surface area contributed by atoms with E-state index in [0.29, 0.717) is 0 Å². The van der Waals surface area contributed by atoms with Gasteiger partial charge in [-0.25, -0.2) is 24.2 Å². The molecule has 0 aliphatic heterocycles. The first-order chi connectivity index (χ1) is 24.9. The number of guanidine groups is 1. The lowest BCUT2D eigenvalue weighted by atomic mass is 10.1. The first kappa shape index (κ1) is 37.4. The summed E-state index contributed by atoms with van der Waals surface area (Å²) in [5.41, 5.74) is 5.86. The Morgan fingerprint density at radius 3 is 1.53 bits per heavy atom. The summed E-state index contributed by atoms with van der Waals surface area (Å²) >= 11 is 0. The van der Waals surface area contributed by atoms with E-state index >= 15 is 0 Å². The normalized spacial score (nSPS) is 11.4. The van der Waals surface area contributed by atoms with E-state index < -0.39 is 30.3 Å². The number of aliphatic imine (C=N–C) groups is 1. The van der Waals surface area contributed by atoms with Gasteiger partial charge in [-0.3, -0.25) is 15.7 Å². The van der Waals surface area contributed by atoms with Gasteiger partial charge in [0.2, 0.25) is 5.96 Å². The van der Waals surface area contributed by atoms with Crippen molar-refractivity contribution in [2.45, 2.75) is 45.3 Å². The molecule has 0 aliphatic carbocycles. The highest BCUT2D eigenvalue weighted by Crippen LogP contribution is 2.08. The maximum atomic E-state index is 13.1. The van der Waals surface area contributed by atoms with Crippen LogP contribution in [0.4, 0.5) is 14.4 Å². The predicted octanol–water partition coefficient (Wildman–Crippen LogP) is 5.86. The van der Waals surface area contributed by atoms with Crippen LogP contribution in [-0.4, -0.2) is 54.9 Å². The second-order valence-electron chi connectivity index (χ2n) is 11.1. The van der Waals surface area contributed by atoms with Crippen LogP contribution >= 0.6 is 0 Å². The zero-order valence-electron chi connectivity index (χ0n) is 28.2. The molecule has 0 aromatic heterocycles. The molecular formula is C38H41N5O8. The maximum Gasteiger partial charge on any atom is 0.428 e. The van der Waals surface area contributed by atoms with Gasteiger partial charge in [-0.2, -0.15) is 0 Å². The first-order valence-electron chi connectivity index (χ1n) is 16.3. The Labute approximate surface area is 296 Å². The van der Waals surface area contributed by atoms with Crippen LogP contribution in [0, 0.1) is 0 Å². The Balaban J connectivity index is 1.37. The zero-order chi connectivity index (χ0) is 36.1. The molecule has 0 heterocycles. The third kappa shape index (κ3) is 14.3. The van der Waals surface area contributed by atoms with E-state index in [1.54, 1.807) is 0 Å². The highest BCUT2D eigenvalue weighted by molar-refractivity contribution is 5.94. The average molecular weight is 696 g/mol. The van der Waals surface area contributed by atoms with Crippen molar-refractivity contribution < 1.29 is 38.1 Å². The number of nitrogens with one attached hydrogen (secondary N) is 3. The van der Waals surface area contributed by atoms with Crippen molar-refractivity contribution in [3.63, 3.8) is 0 Å². The van der Waals surface area contributed by atoms with Crippen molar-refractivity contribution in [1.29, 1.82) is 0 Å². The highest BCUT2D eigenvalue weighted by atomic mass is 16.6. The molecule has 0 fully saturated rings. The minimum atomic E-state index is -1.05. The van der Waals surface area contributed by atoms with Crippen molar-refractivity contribution in [2.75, 3.05) is 13.6 Å². The molecule has 0 radical (unpaired) electrons.